The number of nitrogens with two attached hydrogens (primary N) is 1. The minimum Gasteiger partial charge on any atom is -0.327 e. The second kappa shape index (κ2) is 5.32. The van der Waals surface area contributed by atoms with E-state index in [1.807, 2.05) is 30.9 Å². The largest absolute Gasteiger partial charge is 0.327 e. The lowest BCUT2D eigenvalue weighted by Crippen LogP contribution is -2.17. The number of nitrogens with zero attached hydrogens (tertiary/aromatic N) is 1. The summed E-state index contributed by atoms with van der Waals surface area (Å²) in [5.41, 5.74) is 8.14. The summed E-state index contributed by atoms with van der Waals surface area (Å²) in [4.78, 5) is 4.43. The van der Waals surface area contributed by atoms with Gasteiger partial charge in [0.1, 0.15) is 0 Å². The van der Waals surface area contributed by atoms with Crippen molar-refractivity contribution in [2.75, 3.05) is 5.75 Å². The van der Waals surface area contributed by atoms with Gasteiger partial charge in [0, 0.05) is 29.1 Å². The Hall–Kier alpha value is -1.06. The van der Waals surface area contributed by atoms with E-state index in [9.17, 15) is 0 Å². The topological polar surface area (TPSA) is 38.9 Å². The van der Waals surface area contributed by atoms with E-state index in [4.69, 9.17) is 5.73 Å². The maximum Gasteiger partial charge on any atom is 0.0742 e. The first-order valence-corrected chi connectivity index (χ1v) is 6.59. The van der Waals surface area contributed by atoms with Crippen LogP contribution in [0.2, 0.25) is 0 Å². The Morgan fingerprint density at radius 3 is 2.94 bits per heavy atom. The highest BCUT2D eigenvalue weighted by atomic mass is 32.2. The van der Waals surface area contributed by atoms with Gasteiger partial charge in [-0.25, -0.2) is 0 Å². The molecular weight excluding hydrogens is 216 g/mol. The highest BCUT2D eigenvalue weighted by Crippen LogP contribution is 2.20. The highest BCUT2D eigenvalue weighted by molar-refractivity contribution is 7.98. The Kier molecular flexibility index (Phi) is 3.80. The van der Waals surface area contributed by atoms with Gasteiger partial charge in [-0.3, -0.25) is 4.98 Å². The molecule has 1 aromatic carbocycles. The van der Waals surface area contributed by atoms with Crippen molar-refractivity contribution >= 4 is 22.7 Å². The van der Waals surface area contributed by atoms with Gasteiger partial charge in [-0.1, -0.05) is 24.3 Å². The van der Waals surface area contributed by atoms with E-state index in [-0.39, 0.29) is 6.04 Å². The summed E-state index contributed by atoms with van der Waals surface area (Å²) in [7, 11) is 0. The lowest BCUT2D eigenvalue weighted by molar-refractivity contribution is 0.847. The van der Waals surface area contributed by atoms with Gasteiger partial charge in [0.15, 0.2) is 0 Å². The summed E-state index contributed by atoms with van der Waals surface area (Å²) in [6.07, 6.45) is 1.85. The Labute approximate surface area is 100 Å². The molecule has 2 N–H and O–H groups in total. The van der Waals surface area contributed by atoms with Gasteiger partial charge in [-0.15, -0.1) is 0 Å². The van der Waals surface area contributed by atoms with Crippen LogP contribution in [0.1, 0.15) is 12.5 Å². The first-order valence-electron chi connectivity index (χ1n) is 5.43. The van der Waals surface area contributed by atoms with E-state index in [0.29, 0.717) is 0 Å². The molecule has 1 heterocycles. The molecule has 3 heteroatoms. The molecule has 0 fully saturated rings. The zero-order valence-electron chi connectivity index (χ0n) is 9.39. The zero-order chi connectivity index (χ0) is 11.4. The van der Waals surface area contributed by atoms with Crippen LogP contribution < -0.4 is 5.73 Å². The van der Waals surface area contributed by atoms with E-state index in [0.717, 1.165) is 17.0 Å². The Balaban J connectivity index is 2.17. The predicted molar refractivity (Wildman–Crippen MR) is 71.6 cm³/mol. The number of hydrogen-bond acceptors (Lipinski definition) is 3. The Morgan fingerprint density at radius 1 is 1.31 bits per heavy atom. The van der Waals surface area contributed by atoms with Crippen LogP contribution in [0.25, 0.3) is 10.9 Å². The van der Waals surface area contributed by atoms with E-state index in [1.54, 1.807) is 0 Å². The van der Waals surface area contributed by atoms with Crippen molar-refractivity contribution in [2.45, 2.75) is 18.7 Å². The fourth-order valence-electron chi connectivity index (χ4n) is 1.64. The van der Waals surface area contributed by atoms with Crippen molar-refractivity contribution < 1.29 is 0 Å². The predicted octanol–water partition coefficient (Wildman–Crippen LogP) is 2.82. The molecule has 1 unspecified atom stereocenters. The van der Waals surface area contributed by atoms with Gasteiger partial charge in [-0.05, 0) is 18.6 Å². The van der Waals surface area contributed by atoms with Gasteiger partial charge in [0.25, 0.3) is 0 Å². The van der Waals surface area contributed by atoms with Crippen LogP contribution in [0.5, 0.6) is 0 Å². The SMILES string of the molecule is CC(N)CSCc1cccc2cccnc12. The van der Waals surface area contributed by atoms with Crippen LogP contribution in [0.15, 0.2) is 36.5 Å². The van der Waals surface area contributed by atoms with Crippen LogP contribution in [-0.2, 0) is 5.75 Å². The normalized spacial score (nSPS) is 12.9. The molecule has 0 radical (unpaired) electrons. The molecule has 0 amide bonds. The minimum absolute atomic E-state index is 0.257. The number of hydrogen-bond donors (Lipinski definition) is 1. The summed E-state index contributed by atoms with van der Waals surface area (Å²) >= 11 is 1.86. The monoisotopic (exact) mass is 232 g/mol. The molecular formula is C13H16N2S. The number of rotatable bonds is 4. The molecule has 0 spiro atoms. The van der Waals surface area contributed by atoms with E-state index in [1.165, 1.54) is 10.9 Å². The fourth-order valence-corrected chi connectivity index (χ4v) is 2.58. The van der Waals surface area contributed by atoms with Crippen molar-refractivity contribution in [1.29, 1.82) is 0 Å². The van der Waals surface area contributed by atoms with Crippen molar-refractivity contribution in [3.63, 3.8) is 0 Å². The summed E-state index contributed by atoms with van der Waals surface area (Å²) in [5.74, 6) is 1.97. The average Bonchev–Trinajstić information content (AvgIpc) is 2.29. The van der Waals surface area contributed by atoms with Gasteiger partial charge in [0.05, 0.1) is 5.52 Å². The number of thioether (sulfide) groups is 1. The standard InChI is InChI=1S/C13H16N2S/c1-10(14)8-16-9-12-5-2-4-11-6-3-7-15-13(11)12/h2-7,10H,8-9,14H2,1H3. The molecule has 2 aromatic rings. The fraction of sp³-hybridized carbons (Fsp3) is 0.308. The molecule has 2 nitrogen and oxygen atoms in total. The molecule has 0 aliphatic heterocycles. The number of para-hydroxylation sites is 1. The maximum absolute atomic E-state index is 5.73. The summed E-state index contributed by atoms with van der Waals surface area (Å²) in [6.45, 7) is 2.04. The second-order valence-corrected chi connectivity index (χ2v) is 5.01. The molecule has 16 heavy (non-hydrogen) atoms. The third kappa shape index (κ3) is 2.74. The van der Waals surface area contributed by atoms with Gasteiger partial charge >= 0.3 is 0 Å². The smallest absolute Gasteiger partial charge is 0.0742 e. The van der Waals surface area contributed by atoms with Crippen molar-refractivity contribution in [1.82, 2.24) is 4.98 Å². The van der Waals surface area contributed by atoms with Crippen LogP contribution in [0.3, 0.4) is 0 Å². The van der Waals surface area contributed by atoms with Crippen LogP contribution in [0, 0.1) is 0 Å². The second-order valence-electron chi connectivity index (χ2n) is 3.98. The van der Waals surface area contributed by atoms with E-state index in [2.05, 4.69) is 29.2 Å². The summed E-state index contributed by atoms with van der Waals surface area (Å²) in [6, 6.07) is 10.7. The van der Waals surface area contributed by atoms with Crippen molar-refractivity contribution in [3.05, 3.63) is 42.1 Å². The molecule has 1 aromatic heterocycles. The lowest BCUT2D eigenvalue weighted by Gasteiger charge is -2.07. The Bertz CT molecular complexity index is 463. The Morgan fingerprint density at radius 2 is 2.12 bits per heavy atom. The average molecular weight is 232 g/mol. The van der Waals surface area contributed by atoms with Crippen LogP contribution in [-0.4, -0.2) is 16.8 Å². The van der Waals surface area contributed by atoms with E-state index >= 15 is 0 Å². The number of aromatic nitrogens is 1. The van der Waals surface area contributed by atoms with Gasteiger partial charge in [-0.2, -0.15) is 11.8 Å². The number of fused-ring (bicyclic) bond motifs is 1. The molecule has 0 saturated heterocycles. The van der Waals surface area contributed by atoms with Crippen molar-refractivity contribution in [2.24, 2.45) is 5.73 Å². The van der Waals surface area contributed by atoms with Crippen molar-refractivity contribution in [3.8, 4) is 0 Å². The maximum atomic E-state index is 5.73. The molecule has 0 bridgehead atoms. The first kappa shape index (κ1) is 11.4. The van der Waals surface area contributed by atoms with Crippen LogP contribution >= 0.6 is 11.8 Å². The highest BCUT2D eigenvalue weighted by Gasteiger charge is 2.02. The van der Waals surface area contributed by atoms with Crippen LogP contribution in [0.4, 0.5) is 0 Å². The third-order valence-corrected chi connectivity index (χ3v) is 3.63. The molecule has 84 valence electrons. The van der Waals surface area contributed by atoms with E-state index < -0.39 is 0 Å². The molecule has 1 atom stereocenters. The lowest BCUT2D eigenvalue weighted by atomic mass is 10.1. The van der Waals surface area contributed by atoms with Gasteiger partial charge < -0.3 is 5.73 Å². The molecule has 0 aliphatic carbocycles. The molecule has 0 aliphatic rings. The zero-order valence-corrected chi connectivity index (χ0v) is 10.2. The molecule has 2 rings (SSSR count). The quantitative estimate of drug-likeness (QED) is 0.881. The summed E-state index contributed by atoms with van der Waals surface area (Å²) in [5, 5.41) is 1.21. The van der Waals surface area contributed by atoms with Gasteiger partial charge in [0.2, 0.25) is 0 Å². The number of pyridine rings is 1. The number of benzene rings is 1. The first-order chi connectivity index (χ1) is 7.77. The third-order valence-electron chi connectivity index (χ3n) is 2.35. The minimum atomic E-state index is 0.257. The molecule has 0 saturated carbocycles. The summed E-state index contributed by atoms with van der Waals surface area (Å²) < 4.78 is 0.